The largest absolute Gasteiger partial charge is 0.490 e. The molecule has 0 saturated carbocycles. The third-order valence-corrected chi connectivity index (χ3v) is 4.50. The van der Waals surface area contributed by atoms with Gasteiger partial charge < -0.3 is 19.5 Å². The molecule has 0 unspecified atom stereocenters. The van der Waals surface area contributed by atoms with Gasteiger partial charge in [0.25, 0.3) is 5.91 Å². The first-order valence-electron chi connectivity index (χ1n) is 9.86. The number of nitrogens with zero attached hydrogens (tertiary/aromatic N) is 1. The summed E-state index contributed by atoms with van der Waals surface area (Å²) in [7, 11) is 0. The van der Waals surface area contributed by atoms with Gasteiger partial charge in [0.1, 0.15) is 5.75 Å². The van der Waals surface area contributed by atoms with E-state index in [1.807, 2.05) is 69.3 Å². The van der Waals surface area contributed by atoms with Crippen LogP contribution >= 0.6 is 0 Å². The summed E-state index contributed by atoms with van der Waals surface area (Å²) in [6.45, 7) is 6.85. The maximum absolute atomic E-state index is 12.1. The van der Waals surface area contributed by atoms with Gasteiger partial charge in [-0.2, -0.15) is 0 Å². The van der Waals surface area contributed by atoms with E-state index in [2.05, 4.69) is 10.3 Å². The van der Waals surface area contributed by atoms with Crippen molar-refractivity contribution in [3.05, 3.63) is 77.5 Å². The van der Waals surface area contributed by atoms with E-state index in [9.17, 15) is 4.79 Å². The van der Waals surface area contributed by atoms with Crippen molar-refractivity contribution >= 4 is 5.91 Å². The Hall–Kier alpha value is -3.54. The molecule has 0 spiro atoms. The molecule has 3 rings (SSSR count). The quantitative estimate of drug-likeness (QED) is 0.563. The number of amides is 1. The third-order valence-electron chi connectivity index (χ3n) is 4.50. The lowest BCUT2D eigenvalue weighted by atomic mass is 10.1. The number of carbonyl (C=O) groups is 1. The Labute approximate surface area is 176 Å². The Kier molecular flexibility index (Phi) is 7.27. The predicted octanol–water partition coefficient (Wildman–Crippen LogP) is 4.58. The molecule has 156 valence electrons. The fraction of sp³-hybridized carbons (Fsp3) is 0.250. The second-order valence-corrected chi connectivity index (χ2v) is 6.80. The standard InChI is InChI=1S/C24H26N2O4/c1-4-28-21-7-5-6-8-22(21)30-24-12-10-19(15-26-24)14-25-23(27)16-29-20-11-9-17(2)18(3)13-20/h5-13,15H,4,14,16H2,1-3H3,(H,25,27). The molecule has 0 aliphatic rings. The molecule has 0 bridgehead atoms. The molecular weight excluding hydrogens is 380 g/mol. The van der Waals surface area contributed by atoms with Gasteiger partial charge in [-0.15, -0.1) is 0 Å². The first-order chi connectivity index (χ1) is 14.5. The molecule has 0 atom stereocenters. The van der Waals surface area contributed by atoms with Crippen LogP contribution in [0, 0.1) is 13.8 Å². The molecule has 0 saturated heterocycles. The summed E-state index contributed by atoms with van der Waals surface area (Å²) >= 11 is 0. The number of rotatable bonds is 9. The van der Waals surface area contributed by atoms with E-state index in [1.54, 1.807) is 12.3 Å². The van der Waals surface area contributed by atoms with Gasteiger partial charge in [-0.3, -0.25) is 4.79 Å². The highest BCUT2D eigenvalue weighted by molar-refractivity contribution is 5.77. The van der Waals surface area contributed by atoms with Crippen molar-refractivity contribution in [2.45, 2.75) is 27.3 Å². The number of benzene rings is 2. The van der Waals surface area contributed by atoms with Crippen molar-refractivity contribution in [3.63, 3.8) is 0 Å². The van der Waals surface area contributed by atoms with Crippen LogP contribution < -0.4 is 19.5 Å². The van der Waals surface area contributed by atoms with Crippen molar-refractivity contribution in [1.29, 1.82) is 0 Å². The number of ether oxygens (including phenoxy) is 3. The lowest BCUT2D eigenvalue weighted by Crippen LogP contribution is -2.28. The average Bonchev–Trinajstić information content (AvgIpc) is 2.75. The highest BCUT2D eigenvalue weighted by Gasteiger charge is 2.07. The number of pyridine rings is 1. The Morgan fingerprint density at radius 3 is 2.47 bits per heavy atom. The van der Waals surface area contributed by atoms with Crippen LogP contribution in [0.15, 0.2) is 60.8 Å². The molecule has 6 heteroatoms. The number of hydrogen-bond acceptors (Lipinski definition) is 5. The smallest absolute Gasteiger partial charge is 0.258 e. The number of nitrogens with one attached hydrogen (secondary N) is 1. The van der Waals surface area contributed by atoms with Gasteiger partial charge in [0.15, 0.2) is 18.1 Å². The van der Waals surface area contributed by atoms with Gasteiger partial charge in [-0.05, 0) is 61.7 Å². The van der Waals surface area contributed by atoms with Gasteiger partial charge in [0, 0.05) is 18.8 Å². The van der Waals surface area contributed by atoms with E-state index >= 15 is 0 Å². The summed E-state index contributed by atoms with van der Waals surface area (Å²) in [6, 6.07) is 16.8. The fourth-order valence-corrected chi connectivity index (χ4v) is 2.70. The topological polar surface area (TPSA) is 69.7 Å². The molecule has 0 aliphatic heterocycles. The molecule has 1 heterocycles. The zero-order valence-electron chi connectivity index (χ0n) is 17.5. The van der Waals surface area contributed by atoms with Crippen molar-refractivity contribution in [1.82, 2.24) is 10.3 Å². The van der Waals surface area contributed by atoms with Crippen LogP contribution in [-0.4, -0.2) is 24.1 Å². The molecule has 0 fully saturated rings. The molecule has 0 aliphatic carbocycles. The van der Waals surface area contributed by atoms with Crippen molar-refractivity contribution in [2.24, 2.45) is 0 Å². The van der Waals surface area contributed by atoms with Gasteiger partial charge in [-0.25, -0.2) is 4.98 Å². The van der Waals surface area contributed by atoms with Crippen LogP contribution in [0.2, 0.25) is 0 Å². The van der Waals surface area contributed by atoms with E-state index < -0.39 is 0 Å². The van der Waals surface area contributed by atoms with Crippen LogP contribution in [0.3, 0.4) is 0 Å². The third kappa shape index (κ3) is 5.98. The first-order valence-corrected chi connectivity index (χ1v) is 9.86. The minimum absolute atomic E-state index is 0.0364. The number of hydrogen-bond donors (Lipinski definition) is 1. The zero-order chi connectivity index (χ0) is 21.3. The van der Waals surface area contributed by atoms with E-state index in [-0.39, 0.29) is 12.5 Å². The molecule has 3 aromatic rings. The Morgan fingerprint density at radius 1 is 0.967 bits per heavy atom. The molecule has 2 aromatic carbocycles. The summed E-state index contributed by atoms with van der Waals surface area (Å²) in [5, 5.41) is 2.83. The van der Waals surface area contributed by atoms with Gasteiger partial charge >= 0.3 is 0 Å². The maximum Gasteiger partial charge on any atom is 0.258 e. The summed E-state index contributed by atoms with van der Waals surface area (Å²) in [4.78, 5) is 16.4. The molecule has 6 nitrogen and oxygen atoms in total. The number of para-hydroxylation sites is 2. The molecule has 1 N–H and O–H groups in total. The zero-order valence-corrected chi connectivity index (χ0v) is 17.5. The lowest BCUT2D eigenvalue weighted by Gasteiger charge is -2.11. The number of aromatic nitrogens is 1. The lowest BCUT2D eigenvalue weighted by molar-refractivity contribution is -0.123. The summed E-state index contributed by atoms with van der Waals surface area (Å²) < 4.78 is 16.9. The Bertz CT molecular complexity index is 987. The minimum atomic E-state index is -0.195. The summed E-state index contributed by atoms with van der Waals surface area (Å²) in [6.07, 6.45) is 1.67. The molecule has 0 radical (unpaired) electrons. The van der Waals surface area contributed by atoms with Crippen molar-refractivity contribution in [2.75, 3.05) is 13.2 Å². The van der Waals surface area contributed by atoms with E-state index in [4.69, 9.17) is 14.2 Å². The SMILES string of the molecule is CCOc1ccccc1Oc1ccc(CNC(=O)COc2ccc(C)c(C)c2)cn1. The molecule has 1 aromatic heterocycles. The predicted molar refractivity (Wildman–Crippen MR) is 115 cm³/mol. The van der Waals surface area contributed by atoms with Crippen molar-refractivity contribution < 1.29 is 19.0 Å². The number of carbonyl (C=O) groups excluding carboxylic acids is 1. The fourth-order valence-electron chi connectivity index (χ4n) is 2.70. The van der Waals surface area contributed by atoms with Gasteiger partial charge in [0.05, 0.1) is 6.61 Å². The van der Waals surface area contributed by atoms with Crippen molar-refractivity contribution in [3.8, 4) is 23.1 Å². The Morgan fingerprint density at radius 2 is 1.77 bits per heavy atom. The highest BCUT2D eigenvalue weighted by atomic mass is 16.5. The highest BCUT2D eigenvalue weighted by Crippen LogP contribution is 2.30. The van der Waals surface area contributed by atoms with Crippen LogP contribution in [0.25, 0.3) is 0 Å². The van der Waals surface area contributed by atoms with Crippen LogP contribution in [0.5, 0.6) is 23.1 Å². The van der Waals surface area contributed by atoms with E-state index in [0.29, 0.717) is 36.3 Å². The second-order valence-electron chi connectivity index (χ2n) is 6.80. The first kappa shape index (κ1) is 21.2. The molecular formula is C24H26N2O4. The monoisotopic (exact) mass is 406 g/mol. The minimum Gasteiger partial charge on any atom is -0.490 e. The van der Waals surface area contributed by atoms with Crippen LogP contribution in [0.4, 0.5) is 0 Å². The van der Waals surface area contributed by atoms with Crippen LogP contribution in [-0.2, 0) is 11.3 Å². The van der Waals surface area contributed by atoms with Gasteiger partial charge in [-0.1, -0.05) is 24.3 Å². The maximum atomic E-state index is 12.1. The average molecular weight is 406 g/mol. The Balaban J connectivity index is 1.48. The van der Waals surface area contributed by atoms with Gasteiger partial charge in [0.2, 0.25) is 5.88 Å². The van der Waals surface area contributed by atoms with Crippen LogP contribution in [0.1, 0.15) is 23.6 Å². The van der Waals surface area contributed by atoms with E-state index in [0.717, 1.165) is 11.1 Å². The number of aryl methyl sites for hydroxylation is 2. The second kappa shape index (κ2) is 10.3. The molecule has 1 amide bonds. The van der Waals surface area contributed by atoms with E-state index in [1.165, 1.54) is 5.56 Å². The molecule has 30 heavy (non-hydrogen) atoms. The summed E-state index contributed by atoms with van der Waals surface area (Å²) in [5.74, 6) is 2.22. The normalized spacial score (nSPS) is 10.4. The summed E-state index contributed by atoms with van der Waals surface area (Å²) in [5.41, 5.74) is 3.18.